The van der Waals surface area contributed by atoms with E-state index < -0.39 is 0 Å². The largest absolute Gasteiger partial charge is 0.370 e. The van der Waals surface area contributed by atoms with Crippen molar-refractivity contribution in [3.05, 3.63) is 34.9 Å². The molecule has 6 heteroatoms. The molecule has 2 rings (SSSR count). The molecule has 0 atom stereocenters. The number of hydrogen-bond donors (Lipinski definition) is 3. The molecule has 1 aromatic rings. The zero-order valence-corrected chi connectivity index (χ0v) is 14.1. The first-order valence-electron chi connectivity index (χ1n) is 7.70. The number of nitrogens with zero attached hydrogens (tertiary/aromatic N) is 1. The van der Waals surface area contributed by atoms with E-state index in [2.05, 4.69) is 47.9 Å². The lowest BCUT2D eigenvalue weighted by Crippen LogP contribution is -3.14. The fourth-order valence-electron chi connectivity index (χ4n) is 2.36. The number of aryl methyl sites for hydroxylation is 2. The van der Waals surface area contributed by atoms with Crippen molar-refractivity contribution < 1.29 is 9.64 Å². The third-order valence-electron chi connectivity index (χ3n) is 3.77. The van der Waals surface area contributed by atoms with Crippen LogP contribution in [0.5, 0.6) is 0 Å². The molecule has 0 aromatic heterocycles. The minimum absolute atomic E-state index is 0.564. The highest BCUT2D eigenvalue weighted by molar-refractivity contribution is 7.80. The summed E-state index contributed by atoms with van der Waals surface area (Å²) in [7, 11) is 0. The topological polar surface area (TPSA) is 50.1 Å². The molecule has 0 saturated carbocycles. The number of ether oxygens (including phenoxy) is 1. The summed E-state index contributed by atoms with van der Waals surface area (Å²) in [4.78, 5) is 1.56. The summed E-state index contributed by atoms with van der Waals surface area (Å²) in [5.74, 6) is 0. The molecule has 1 saturated heterocycles. The van der Waals surface area contributed by atoms with Crippen LogP contribution in [0.4, 0.5) is 0 Å². The second-order valence-electron chi connectivity index (χ2n) is 5.60. The highest BCUT2D eigenvalue weighted by atomic mass is 32.1. The molecule has 1 aromatic carbocycles. The van der Waals surface area contributed by atoms with Crippen molar-refractivity contribution >= 4 is 23.5 Å². The Hall–Kier alpha value is -1.50. The zero-order valence-electron chi connectivity index (χ0n) is 13.3. The first-order chi connectivity index (χ1) is 10.6. The van der Waals surface area contributed by atoms with Gasteiger partial charge in [-0.1, -0.05) is 23.8 Å². The van der Waals surface area contributed by atoms with Crippen LogP contribution < -0.4 is 15.6 Å². The molecule has 1 fully saturated rings. The van der Waals surface area contributed by atoms with Gasteiger partial charge in [-0.15, -0.1) is 0 Å². The summed E-state index contributed by atoms with van der Waals surface area (Å²) in [6, 6.07) is 6.30. The van der Waals surface area contributed by atoms with Crippen LogP contribution in [0, 0.1) is 13.8 Å². The van der Waals surface area contributed by atoms with E-state index in [1.807, 2.05) is 6.21 Å². The van der Waals surface area contributed by atoms with Gasteiger partial charge in [0, 0.05) is 0 Å². The van der Waals surface area contributed by atoms with Gasteiger partial charge in [-0.25, -0.2) is 0 Å². The predicted octanol–water partition coefficient (Wildman–Crippen LogP) is 0.0165. The Morgan fingerprint density at radius 1 is 1.36 bits per heavy atom. The summed E-state index contributed by atoms with van der Waals surface area (Å²) in [6.07, 6.45) is 1.81. The predicted molar refractivity (Wildman–Crippen MR) is 93.6 cm³/mol. The average molecular weight is 321 g/mol. The lowest BCUT2D eigenvalue weighted by atomic mass is 10.1. The Kier molecular flexibility index (Phi) is 6.76. The molecular weight excluding hydrogens is 296 g/mol. The molecule has 0 spiro atoms. The van der Waals surface area contributed by atoms with Gasteiger partial charge in [-0.3, -0.25) is 5.43 Å². The number of quaternary nitrogens is 1. The summed E-state index contributed by atoms with van der Waals surface area (Å²) in [5.41, 5.74) is 6.40. The molecular formula is C16H25N4OS+. The van der Waals surface area contributed by atoms with Crippen LogP contribution in [0.3, 0.4) is 0 Å². The number of benzene rings is 1. The van der Waals surface area contributed by atoms with Crippen LogP contribution in [0.15, 0.2) is 23.3 Å². The molecule has 1 aliphatic rings. The molecule has 0 unspecified atom stereocenters. The van der Waals surface area contributed by atoms with E-state index in [9.17, 15) is 0 Å². The Bertz CT molecular complexity index is 527. The Morgan fingerprint density at radius 2 is 2.14 bits per heavy atom. The molecule has 1 aliphatic heterocycles. The van der Waals surface area contributed by atoms with Gasteiger partial charge < -0.3 is 15.0 Å². The van der Waals surface area contributed by atoms with Gasteiger partial charge >= 0.3 is 0 Å². The number of hydrazone groups is 1. The first kappa shape index (κ1) is 16.9. The second-order valence-corrected chi connectivity index (χ2v) is 6.01. The third-order valence-corrected chi connectivity index (χ3v) is 4.00. The average Bonchev–Trinajstić information content (AvgIpc) is 2.52. The molecule has 1 heterocycles. The van der Waals surface area contributed by atoms with Crippen molar-refractivity contribution in [2.24, 2.45) is 5.10 Å². The van der Waals surface area contributed by atoms with Gasteiger partial charge in [0.25, 0.3) is 0 Å². The van der Waals surface area contributed by atoms with E-state index in [0.717, 1.165) is 45.0 Å². The quantitative estimate of drug-likeness (QED) is 0.406. The minimum atomic E-state index is 0.564. The number of hydrogen-bond acceptors (Lipinski definition) is 3. The van der Waals surface area contributed by atoms with Gasteiger partial charge in [-0.2, -0.15) is 5.10 Å². The Balaban J connectivity index is 1.68. The fourth-order valence-corrected chi connectivity index (χ4v) is 2.52. The summed E-state index contributed by atoms with van der Waals surface area (Å²) in [5, 5.41) is 7.95. The van der Waals surface area contributed by atoms with E-state index >= 15 is 0 Å². The molecule has 0 bridgehead atoms. The van der Waals surface area contributed by atoms with Gasteiger partial charge in [0.2, 0.25) is 0 Å². The van der Waals surface area contributed by atoms with Crippen molar-refractivity contribution in [2.75, 3.05) is 39.4 Å². The molecule has 0 radical (unpaired) electrons. The highest BCUT2D eigenvalue weighted by Gasteiger charge is 2.12. The summed E-state index contributed by atoms with van der Waals surface area (Å²) < 4.78 is 5.34. The van der Waals surface area contributed by atoms with Gasteiger partial charge in [0.05, 0.1) is 32.5 Å². The van der Waals surface area contributed by atoms with E-state index in [1.165, 1.54) is 11.1 Å². The summed E-state index contributed by atoms with van der Waals surface area (Å²) in [6.45, 7) is 9.91. The Morgan fingerprint density at radius 3 is 2.91 bits per heavy atom. The molecule has 22 heavy (non-hydrogen) atoms. The molecule has 0 aliphatic carbocycles. The van der Waals surface area contributed by atoms with Crippen LogP contribution in [-0.4, -0.2) is 50.7 Å². The lowest BCUT2D eigenvalue weighted by Gasteiger charge is -2.23. The second kappa shape index (κ2) is 8.82. The number of morpholine rings is 1. The third kappa shape index (κ3) is 5.71. The maximum atomic E-state index is 5.34. The Labute approximate surface area is 137 Å². The standard InChI is InChI=1S/C16H24N4OS/c1-13-3-4-14(2)15(11-13)12-18-19-16(22)17-5-6-20-7-9-21-10-8-20/h3-4,11-12H,5-10H2,1-2H3,(H2,17,19,22)/p+1/b18-12-. The van der Waals surface area contributed by atoms with Crippen molar-refractivity contribution in [2.45, 2.75) is 13.8 Å². The highest BCUT2D eigenvalue weighted by Crippen LogP contribution is 2.07. The van der Waals surface area contributed by atoms with Crippen LogP contribution in [0.2, 0.25) is 0 Å². The normalized spacial score (nSPS) is 15.9. The molecule has 0 amide bonds. The van der Waals surface area contributed by atoms with Gasteiger partial charge in [-0.05, 0) is 37.2 Å². The van der Waals surface area contributed by atoms with Crippen molar-refractivity contribution in [3.63, 3.8) is 0 Å². The first-order valence-corrected chi connectivity index (χ1v) is 8.11. The van der Waals surface area contributed by atoms with Crippen LogP contribution >= 0.6 is 12.2 Å². The lowest BCUT2D eigenvalue weighted by molar-refractivity contribution is -0.906. The zero-order chi connectivity index (χ0) is 15.8. The van der Waals surface area contributed by atoms with Crippen LogP contribution in [0.1, 0.15) is 16.7 Å². The number of nitrogens with one attached hydrogen (secondary N) is 3. The van der Waals surface area contributed by atoms with Gasteiger partial charge in [0.1, 0.15) is 13.1 Å². The monoisotopic (exact) mass is 321 g/mol. The van der Waals surface area contributed by atoms with Crippen LogP contribution in [0.25, 0.3) is 0 Å². The summed E-state index contributed by atoms with van der Waals surface area (Å²) >= 11 is 5.22. The van der Waals surface area contributed by atoms with Gasteiger partial charge in [0.15, 0.2) is 5.11 Å². The number of rotatable bonds is 5. The smallest absolute Gasteiger partial charge is 0.187 e. The van der Waals surface area contributed by atoms with E-state index in [4.69, 9.17) is 17.0 Å². The van der Waals surface area contributed by atoms with Crippen LogP contribution in [-0.2, 0) is 4.74 Å². The van der Waals surface area contributed by atoms with E-state index in [-0.39, 0.29) is 0 Å². The van der Waals surface area contributed by atoms with Crippen molar-refractivity contribution in [3.8, 4) is 0 Å². The molecule has 5 nitrogen and oxygen atoms in total. The fraction of sp³-hybridized carbons (Fsp3) is 0.500. The maximum Gasteiger partial charge on any atom is 0.187 e. The maximum absolute atomic E-state index is 5.34. The molecule has 3 N–H and O–H groups in total. The minimum Gasteiger partial charge on any atom is -0.370 e. The number of thiocarbonyl (C=S) groups is 1. The van der Waals surface area contributed by atoms with Crippen molar-refractivity contribution in [1.82, 2.24) is 10.7 Å². The van der Waals surface area contributed by atoms with E-state index in [1.54, 1.807) is 4.90 Å². The molecule has 120 valence electrons. The van der Waals surface area contributed by atoms with E-state index in [0.29, 0.717) is 5.11 Å². The SMILES string of the molecule is Cc1ccc(C)c(/C=N\NC(=S)NCC[NH+]2CCOCC2)c1. The van der Waals surface area contributed by atoms with Crippen molar-refractivity contribution in [1.29, 1.82) is 0 Å².